The molecule has 2 rings (SSSR count). The normalized spacial score (nSPS) is 12.1. The van der Waals surface area contributed by atoms with Gasteiger partial charge in [-0.25, -0.2) is 9.97 Å². The zero-order valence-corrected chi connectivity index (χ0v) is 16.2. The van der Waals surface area contributed by atoms with E-state index in [1.165, 1.54) is 25.2 Å². The summed E-state index contributed by atoms with van der Waals surface area (Å²) in [5, 5.41) is 2.60. The van der Waals surface area contributed by atoms with Crippen molar-refractivity contribution in [3.63, 3.8) is 0 Å². The van der Waals surface area contributed by atoms with Crippen LogP contribution >= 0.6 is 11.3 Å². The number of carbonyl (C=O) groups is 2. The molecule has 0 radical (unpaired) electrons. The number of ketones is 1. The highest BCUT2D eigenvalue weighted by molar-refractivity contribution is 7.12. The van der Waals surface area contributed by atoms with Gasteiger partial charge in [-0.15, -0.1) is 11.3 Å². The van der Waals surface area contributed by atoms with E-state index < -0.39 is 23.3 Å². The van der Waals surface area contributed by atoms with Gasteiger partial charge < -0.3 is 5.32 Å². The molecule has 0 aliphatic rings. The average Bonchev–Trinajstić information content (AvgIpc) is 2.90. The van der Waals surface area contributed by atoms with Gasteiger partial charge in [-0.05, 0) is 39.8 Å². The molecule has 0 unspecified atom stereocenters. The van der Waals surface area contributed by atoms with Crippen LogP contribution in [0.25, 0.3) is 0 Å². The fraction of sp³-hybridized carbons (Fsp3) is 0.444. The van der Waals surface area contributed by atoms with Crippen molar-refractivity contribution in [2.45, 2.75) is 52.3 Å². The molecule has 1 N–H and O–H groups in total. The highest BCUT2D eigenvalue weighted by Gasteiger charge is 2.35. The van der Waals surface area contributed by atoms with Crippen molar-refractivity contribution in [2.75, 3.05) is 0 Å². The number of thiophene rings is 1. The first-order chi connectivity index (χ1) is 12.4. The quantitative estimate of drug-likeness (QED) is 0.740. The van der Waals surface area contributed by atoms with Crippen LogP contribution in [0.3, 0.4) is 0 Å². The van der Waals surface area contributed by atoms with Gasteiger partial charge in [-0.1, -0.05) is 0 Å². The second-order valence-electron chi connectivity index (χ2n) is 6.69. The summed E-state index contributed by atoms with van der Waals surface area (Å²) < 4.78 is 38.4. The summed E-state index contributed by atoms with van der Waals surface area (Å²) in [5.74, 6) is -0.750. The Morgan fingerprint density at radius 2 is 1.85 bits per heavy atom. The number of hydrogen-bond acceptors (Lipinski definition) is 5. The molecule has 0 bridgehead atoms. The Labute approximate surface area is 159 Å². The average molecular weight is 399 g/mol. The van der Waals surface area contributed by atoms with E-state index in [-0.39, 0.29) is 24.4 Å². The highest BCUT2D eigenvalue weighted by Crippen LogP contribution is 2.28. The Morgan fingerprint density at radius 3 is 2.41 bits per heavy atom. The summed E-state index contributed by atoms with van der Waals surface area (Å²) in [4.78, 5) is 33.7. The standard InChI is InChI=1S/C18H20F3N3O2S/c1-10-9-12(11(2)27-10)13(25)5-6-15(26)24-17(3,4)16-22-8-7-14(23-16)18(19,20)21/h7-9H,5-6H2,1-4H3,(H,24,26). The number of aromatic nitrogens is 2. The van der Waals surface area contributed by atoms with Crippen LogP contribution in [0.5, 0.6) is 0 Å². The van der Waals surface area contributed by atoms with Crippen LogP contribution in [0.1, 0.15) is 58.3 Å². The summed E-state index contributed by atoms with van der Waals surface area (Å²) in [6.07, 6.45) is -3.65. The van der Waals surface area contributed by atoms with Crippen molar-refractivity contribution in [3.8, 4) is 0 Å². The molecule has 0 spiro atoms. The van der Waals surface area contributed by atoms with Crippen molar-refractivity contribution in [1.29, 1.82) is 0 Å². The Kier molecular flexibility index (Phi) is 6.04. The lowest BCUT2D eigenvalue weighted by Gasteiger charge is -2.25. The Morgan fingerprint density at radius 1 is 1.19 bits per heavy atom. The minimum Gasteiger partial charge on any atom is -0.344 e. The summed E-state index contributed by atoms with van der Waals surface area (Å²) in [7, 11) is 0. The van der Waals surface area contributed by atoms with Gasteiger partial charge in [0.2, 0.25) is 5.91 Å². The van der Waals surface area contributed by atoms with Crippen molar-refractivity contribution in [1.82, 2.24) is 15.3 Å². The van der Waals surface area contributed by atoms with Crippen molar-refractivity contribution in [2.24, 2.45) is 0 Å². The molecule has 5 nitrogen and oxygen atoms in total. The number of nitrogens with one attached hydrogen (secondary N) is 1. The van der Waals surface area contributed by atoms with Crippen LogP contribution in [-0.2, 0) is 16.5 Å². The molecule has 146 valence electrons. The molecule has 0 atom stereocenters. The molecule has 2 aromatic heterocycles. The second kappa shape index (κ2) is 7.75. The first kappa shape index (κ1) is 21.0. The monoisotopic (exact) mass is 399 g/mol. The molecule has 2 heterocycles. The second-order valence-corrected chi connectivity index (χ2v) is 8.15. The molecule has 0 aliphatic heterocycles. The van der Waals surface area contributed by atoms with E-state index in [0.29, 0.717) is 5.56 Å². The number of hydrogen-bond donors (Lipinski definition) is 1. The van der Waals surface area contributed by atoms with Gasteiger partial charge in [0.05, 0.1) is 5.54 Å². The van der Waals surface area contributed by atoms with Gasteiger partial charge in [0.25, 0.3) is 0 Å². The maximum atomic E-state index is 12.8. The number of nitrogens with zero attached hydrogens (tertiary/aromatic N) is 2. The van der Waals surface area contributed by atoms with Gasteiger partial charge in [-0.2, -0.15) is 13.2 Å². The lowest BCUT2D eigenvalue weighted by Crippen LogP contribution is -2.42. The Bertz CT molecular complexity index is 860. The van der Waals surface area contributed by atoms with Crippen molar-refractivity contribution < 1.29 is 22.8 Å². The van der Waals surface area contributed by atoms with Gasteiger partial charge >= 0.3 is 6.18 Å². The fourth-order valence-electron chi connectivity index (χ4n) is 2.55. The van der Waals surface area contributed by atoms with Crippen LogP contribution < -0.4 is 5.32 Å². The maximum absolute atomic E-state index is 12.8. The topological polar surface area (TPSA) is 72.0 Å². The van der Waals surface area contributed by atoms with E-state index in [4.69, 9.17) is 0 Å². The molecule has 0 saturated carbocycles. The van der Waals surface area contributed by atoms with Gasteiger partial charge in [0, 0.05) is 34.4 Å². The molecule has 0 saturated heterocycles. The zero-order valence-electron chi connectivity index (χ0n) is 15.4. The summed E-state index contributed by atoms with van der Waals surface area (Å²) >= 11 is 1.51. The third-order valence-electron chi connectivity index (χ3n) is 3.88. The largest absolute Gasteiger partial charge is 0.433 e. The van der Waals surface area contributed by atoms with E-state index in [2.05, 4.69) is 15.3 Å². The molecular weight excluding hydrogens is 379 g/mol. The minimum absolute atomic E-state index is 0.0162. The number of Topliss-reactive ketones (excluding diaryl/α,β-unsaturated/α-hetero) is 1. The van der Waals surface area contributed by atoms with Gasteiger partial charge in [-0.3, -0.25) is 9.59 Å². The zero-order chi connectivity index (χ0) is 20.4. The molecule has 2 aromatic rings. The highest BCUT2D eigenvalue weighted by atomic mass is 32.1. The Balaban J connectivity index is 2.02. The molecule has 27 heavy (non-hydrogen) atoms. The van der Waals surface area contributed by atoms with E-state index in [1.807, 2.05) is 13.8 Å². The van der Waals surface area contributed by atoms with E-state index in [0.717, 1.165) is 22.0 Å². The molecule has 1 amide bonds. The van der Waals surface area contributed by atoms with Gasteiger partial charge in [0.1, 0.15) is 5.69 Å². The minimum atomic E-state index is -4.60. The third-order valence-corrected chi connectivity index (χ3v) is 4.84. The molecule has 0 fully saturated rings. The Hall–Kier alpha value is -2.29. The molecule has 0 aliphatic carbocycles. The van der Waals surface area contributed by atoms with Crippen LogP contribution in [0.15, 0.2) is 18.3 Å². The number of alkyl halides is 3. The van der Waals surface area contributed by atoms with E-state index in [1.54, 1.807) is 6.07 Å². The molecular formula is C18H20F3N3O2S. The number of rotatable bonds is 6. The maximum Gasteiger partial charge on any atom is 0.433 e. The predicted octanol–water partition coefficient (Wildman–Crippen LogP) is 4.19. The first-order valence-corrected chi connectivity index (χ1v) is 9.04. The summed E-state index contributed by atoms with van der Waals surface area (Å²) in [6, 6.07) is 2.56. The first-order valence-electron chi connectivity index (χ1n) is 8.22. The third kappa shape index (κ3) is 5.35. The smallest absolute Gasteiger partial charge is 0.344 e. The van der Waals surface area contributed by atoms with E-state index in [9.17, 15) is 22.8 Å². The lowest BCUT2D eigenvalue weighted by molar-refractivity contribution is -0.141. The summed E-state index contributed by atoms with van der Waals surface area (Å²) in [5.41, 5.74) is -1.69. The molecule has 0 aromatic carbocycles. The van der Waals surface area contributed by atoms with Crippen molar-refractivity contribution >= 4 is 23.0 Å². The number of halogens is 3. The number of amides is 1. The molecule has 9 heteroatoms. The summed E-state index contributed by atoms with van der Waals surface area (Å²) in [6.45, 7) is 6.76. The van der Waals surface area contributed by atoms with Crippen LogP contribution in [0, 0.1) is 13.8 Å². The van der Waals surface area contributed by atoms with E-state index >= 15 is 0 Å². The lowest BCUT2D eigenvalue weighted by atomic mass is 10.0. The number of carbonyl (C=O) groups excluding carboxylic acids is 2. The van der Waals surface area contributed by atoms with Gasteiger partial charge in [0.15, 0.2) is 11.6 Å². The van der Waals surface area contributed by atoms with Crippen molar-refractivity contribution in [3.05, 3.63) is 45.2 Å². The fourth-order valence-corrected chi connectivity index (χ4v) is 3.50. The number of aryl methyl sites for hydroxylation is 2. The van der Waals surface area contributed by atoms with Crippen LogP contribution in [0.4, 0.5) is 13.2 Å². The van der Waals surface area contributed by atoms with Crippen LogP contribution in [-0.4, -0.2) is 21.7 Å². The SMILES string of the molecule is Cc1cc(C(=O)CCC(=O)NC(C)(C)c2nccc(C(F)(F)F)n2)c(C)s1. The van der Waals surface area contributed by atoms with Crippen LogP contribution in [0.2, 0.25) is 0 Å². The predicted molar refractivity (Wildman–Crippen MR) is 95.6 cm³/mol.